The van der Waals surface area contributed by atoms with Crippen molar-refractivity contribution in [3.63, 3.8) is 0 Å². The lowest BCUT2D eigenvalue weighted by molar-refractivity contribution is 0.986. The molecule has 0 unspecified atom stereocenters. The van der Waals surface area contributed by atoms with Gasteiger partial charge in [0.1, 0.15) is 5.82 Å². The molecule has 2 rings (SSSR count). The van der Waals surface area contributed by atoms with E-state index in [1.807, 2.05) is 6.20 Å². The van der Waals surface area contributed by atoms with Crippen LogP contribution in [-0.2, 0) is 0 Å². The Balaban J connectivity index is 2.33. The summed E-state index contributed by atoms with van der Waals surface area (Å²) < 4.78 is 0. The number of benzene rings is 1. The zero-order valence-electron chi connectivity index (χ0n) is 10.6. The first kappa shape index (κ1) is 11.6. The fourth-order valence-electron chi connectivity index (χ4n) is 1.82. The van der Waals surface area contributed by atoms with Crippen molar-refractivity contribution in [3.05, 3.63) is 53.7 Å². The highest BCUT2D eigenvalue weighted by atomic mass is 15.2. The predicted octanol–water partition coefficient (Wildman–Crippen LogP) is 3.86. The van der Waals surface area contributed by atoms with E-state index in [9.17, 15) is 0 Å². The lowest BCUT2D eigenvalue weighted by Gasteiger charge is -2.22. The van der Waals surface area contributed by atoms with E-state index in [1.165, 1.54) is 16.8 Å². The molecule has 0 saturated heterocycles. The minimum atomic E-state index is 0.916. The van der Waals surface area contributed by atoms with Crippen LogP contribution < -0.4 is 4.90 Å². The number of nitrogens with zero attached hydrogens (tertiary/aromatic N) is 2. The van der Waals surface area contributed by atoms with Crippen LogP contribution in [0.15, 0.2) is 42.6 Å². The zero-order chi connectivity index (χ0) is 12.3. The minimum Gasteiger partial charge on any atom is -0.327 e. The van der Waals surface area contributed by atoms with Crippen LogP contribution in [-0.4, -0.2) is 11.5 Å². The van der Waals surface area contributed by atoms with E-state index in [0.717, 1.165) is 12.4 Å². The summed E-state index contributed by atoms with van der Waals surface area (Å²) in [6, 6.07) is 12.7. The van der Waals surface area contributed by atoms with E-state index in [0.29, 0.717) is 0 Å². The molecule has 0 N–H and O–H groups in total. The Morgan fingerprint density at radius 3 is 2.12 bits per heavy atom. The monoisotopic (exact) mass is 226 g/mol. The van der Waals surface area contributed by atoms with Crippen LogP contribution in [0, 0.1) is 13.8 Å². The summed E-state index contributed by atoms with van der Waals surface area (Å²) in [6.45, 7) is 7.21. The highest BCUT2D eigenvalue weighted by Gasteiger charge is 2.07. The maximum atomic E-state index is 4.47. The molecular weight excluding hydrogens is 208 g/mol. The van der Waals surface area contributed by atoms with Gasteiger partial charge in [0.25, 0.3) is 0 Å². The molecule has 88 valence electrons. The number of anilines is 2. The van der Waals surface area contributed by atoms with E-state index in [4.69, 9.17) is 0 Å². The summed E-state index contributed by atoms with van der Waals surface area (Å²) in [4.78, 5) is 6.68. The Hall–Kier alpha value is -1.83. The summed E-state index contributed by atoms with van der Waals surface area (Å²) in [6.07, 6.45) is 1.91. The van der Waals surface area contributed by atoms with Crippen molar-refractivity contribution >= 4 is 11.5 Å². The van der Waals surface area contributed by atoms with Crippen LogP contribution in [0.2, 0.25) is 0 Å². The van der Waals surface area contributed by atoms with Crippen LogP contribution >= 0.6 is 0 Å². The fraction of sp³-hybridized carbons (Fsp3) is 0.267. The molecular formula is C15H18N2. The molecule has 0 aliphatic rings. The van der Waals surface area contributed by atoms with Gasteiger partial charge in [-0.1, -0.05) is 23.8 Å². The van der Waals surface area contributed by atoms with Gasteiger partial charge in [-0.3, -0.25) is 0 Å². The third-order valence-corrected chi connectivity index (χ3v) is 2.83. The maximum absolute atomic E-state index is 4.47. The molecule has 0 amide bonds. The maximum Gasteiger partial charge on any atom is 0.132 e. The second-order valence-corrected chi connectivity index (χ2v) is 4.27. The van der Waals surface area contributed by atoms with Gasteiger partial charge in [0.2, 0.25) is 0 Å². The van der Waals surface area contributed by atoms with E-state index in [-0.39, 0.29) is 0 Å². The van der Waals surface area contributed by atoms with Gasteiger partial charge in [-0.25, -0.2) is 4.98 Å². The molecule has 0 saturated carbocycles. The quantitative estimate of drug-likeness (QED) is 0.790. The molecule has 0 spiro atoms. The Morgan fingerprint density at radius 1 is 0.941 bits per heavy atom. The van der Waals surface area contributed by atoms with Crippen molar-refractivity contribution in [2.24, 2.45) is 0 Å². The SMILES string of the molecule is CCN(c1ccc(C)cc1)c1ccc(C)cn1. The first-order valence-corrected chi connectivity index (χ1v) is 5.97. The fourth-order valence-corrected chi connectivity index (χ4v) is 1.82. The molecule has 1 heterocycles. The number of rotatable bonds is 3. The summed E-state index contributed by atoms with van der Waals surface area (Å²) in [5.41, 5.74) is 3.66. The van der Waals surface area contributed by atoms with Gasteiger partial charge in [-0.05, 0) is 44.5 Å². The molecule has 17 heavy (non-hydrogen) atoms. The lowest BCUT2D eigenvalue weighted by Crippen LogP contribution is -2.17. The number of aryl methyl sites for hydroxylation is 2. The van der Waals surface area contributed by atoms with Gasteiger partial charge in [0, 0.05) is 18.4 Å². The van der Waals surface area contributed by atoms with Crippen molar-refractivity contribution in [3.8, 4) is 0 Å². The van der Waals surface area contributed by atoms with Crippen molar-refractivity contribution in [2.45, 2.75) is 20.8 Å². The average molecular weight is 226 g/mol. The molecule has 0 bridgehead atoms. The van der Waals surface area contributed by atoms with E-state index in [1.54, 1.807) is 0 Å². The van der Waals surface area contributed by atoms with Gasteiger partial charge in [0.05, 0.1) is 0 Å². The van der Waals surface area contributed by atoms with Crippen LogP contribution in [0.4, 0.5) is 11.5 Å². The van der Waals surface area contributed by atoms with Crippen molar-refractivity contribution in [1.29, 1.82) is 0 Å². The lowest BCUT2D eigenvalue weighted by atomic mass is 10.2. The van der Waals surface area contributed by atoms with Crippen molar-refractivity contribution < 1.29 is 0 Å². The number of aromatic nitrogens is 1. The normalized spacial score (nSPS) is 10.3. The molecule has 1 aromatic carbocycles. The molecule has 2 nitrogen and oxygen atoms in total. The van der Waals surface area contributed by atoms with E-state index in [2.05, 4.69) is 67.1 Å². The number of hydrogen-bond donors (Lipinski definition) is 0. The van der Waals surface area contributed by atoms with Gasteiger partial charge < -0.3 is 4.90 Å². The average Bonchev–Trinajstić information content (AvgIpc) is 2.35. The van der Waals surface area contributed by atoms with Gasteiger partial charge in [0.15, 0.2) is 0 Å². The molecule has 0 atom stereocenters. The highest BCUT2D eigenvalue weighted by molar-refractivity contribution is 5.60. The zero-order valence-corrected chi connectivity index (χ0v) is 10.6. The predicted molar refractivity (Wildman–Crippen MR) is 72.8 cm³/mol. The molecule has 2 heteroatoms. The topological polar surface area (TPSA) is 16.1 Å². The smallest absolute Gasteiger partial charge is 0.132 e. The Bertz CT molecular complexity index is 426. The van der Waals surface area contributed by atoms with Crippen LogP contribution in [0.5, 0.6) is 0 Å². The Kier molecular flexibility index (Phi) is 3.43. The molecule has 1 aromatic heterocycles. The van der Waals surface area contributed by atoms with Gasteiger partial charge in [-0.2, -0.15) is 0 Å². The highest BCUT2D eigenvalue weighted by Crippen LogP contribution is 2.23. The van der Waals surface area contributed by atoms with E-state index >= 15 is 0 Å². The molecule has 2 aromatic rings. The summed E-state index contributed by atoms with van der Waals surface area (Å²) >= 11 is 0. The first-order chi connectivity index (χ1) is 8.20. The molecule has 0 radical (unpaired) electrons. The third kappa shape index (κ3) is 2.64. The standard InChI is InChI=1S/C15H18N2/c1-4-17(14-8-5-12(2)6-9-14)15-10-7-13(3)11-16-15/h5-11H,4H2,1-3H3. The minimum absolute atomic E-state index is 0.916. The van der Waals surface area contributed by atoms with Crippen molar-refractivity contribution in [1.82, 2.24) is 4.98 Å². The first-order valence-electron chi connectivity index (χ1n) is 5.97. The number of hydrogen-bond acceptors (Lipinski definition) is 2. The Labute approximate surface area is 103 Å². The second kappa shape index (κ2) is 5.00. The molecule has 0 fully saturated rings. The van der Waals surface area contributed by atoms with Crippen molar-refractivity contribution in [2.75, 3.05) is 11.4 Å². The van der Waals surface area contributed by atoms with E-state index < -0.39 is 0 Å². The summed E-state index contributed by atoms with van der Waals surface area (Å²) in [7, 11) is 0. The Morgan fingerprint density at radius 2 is 1.59 bits per heavy atom. The summed E-state index contributed by atoms with van der Waals surface area (Å²) in [5.74, 6) is 1.00. The molecule has 0 aliphatic heterocycles. The number of pyridine rings is 1. The van der Waals surface area contributed by atoms with Crippen LogP contribution in [0.25, 0.3) is 0 Å². The van der Waals surface area contributed by atoms with Crippen LogP contribution in [0.1, 0.15) is 18.1 Å². The largest absolute Gasteiger partial charge is 0.327 e. The second-order valence-electron chi connectivity index (χ2n) is 4.27. The third-order valence-electron chi connectivity index (χ3n) is 2.83. The summed E-state index contributed by atoms with van der Waals surface area (Å²) in [5, 5.41) is 0. The van der Waals surface area contributed by atoms with Gasteiger partial charge >= 0.3 is 0 Å². The van der Waals surface area contributed by atoms with Crippen LogP contribution in [0.3, 0.4) is 0 Å². The molecule has 0 aliphatic carbocycles. The van der Waals surface area contributed by atoms with Gasteiger partial charge in [-0.15, -0.1) is 0 Å².